The van der Waals surface area contributed by atoms with Gasteiger partial charge in [-0.1, -0.05) is 29.4 Å². The number of nitrogens with two attached hydrogens (primary N) is 1. The van der Waals surface area contributed by atoms with Crippen molar-refractivity contribution in [3.63, 3.8) is 0 Å². The average Bonchev–Trinajstić information content (AvgIpc) is 3.14. The second kappa shape index (κ2) is 4.34. The van der Waals surface area contributed by atoms with Gasteiger partial charge in [0.2, 0.25) is 0 Å². The summed E-state index contributed by atoms with van der Waals surface area (Å²) in [4.78, 5) is 4.47. The molecule has 1 aliphatic carbocycles. The van der Waals surface area contributed by atoms with E-state index in [1.165, 1.54) is 12.8 Å². The quantitative estimate of drug-likeness (QED) is 0.737. The first-order valence-electron chi connectivity index (χ1n) is 6.91. The Hall–Kier alpha value is -2.36. The number of hydrogen-bond donors (Lipinski definition) is 1. The Morgan fingerprint density at radius 3 is 2.65 bits per heavy atom. The number of benzene rings is 2. The molecule has 1 heterocycles. The van der Waals surface area contributed by atoms with Gasteiger partial charge in [0, 0.05) is 12.1 Å². The van der Waals surface area contributed by atoms with Crippen LogP contribution in [-0.4, -0.2) is 10.1 Å². The predicted octanol–water partition coefficient (Wildman–Crippen LogP) is 3.42. The fraction of sp³-hybridized carbons (Fsp3) is 0.250. The molecule has 4 nitrogen and oxygen atoms in total. The Kier molecular flexibility index (Phi) is 2.49. The maximum Gasteiger partial charge on any atom is 0.260 e. The Morgan fingerprint density at radius 1 is 1.15 bits per heavy atom. The van der Waals surface area contributed by atoms with Crippen LogP contribution in [0.3, 0.4) is 0 Å². The third-order valence-electron chi connectivity index (χ3n) is 3.78. The molecule has 1 aliphatic rings. The molecule has 20 heavy (non-hydrogen) atoms. The molecule has 3 aromatic rings. The third kappa shape index (κ3) is 2.03. The minimum atomic E-state index is 0.518. The second-order valence-electron chi connectivity index (χ2n) is 5.45. The Balaban J connectivity index is 1.76. The minimum Gasteiger partial charge on any atom is -0.398 e. The van der Waals surface area contributed by atoms with E-state index < -0.39 is 0 Å². The van der Waals surface area contributed by atoms with Crippen LogP contribution >= 0.6 is 0 Å². The molecule has 4 rings (SSSR count). The molecule has 0 unspecified atom stereocenters. The normalized spacial score (nSPS) is 14.8. The molecule has 4 heteroatoms. The van der Waals surface area contributed by atoms with Gasteiger partial charge in [-0.25, -0.2) is 0 Å². The molecular weight excluding hydrogens is 250 g/mol. The summed E-state index contributed by atoms with van der Waals surface area (Å²) in [7, 11) is 0. The van der Waals surface area contributed by atoms with Crippen molar-refractivity contribution in [2.24, 2.45) is 5.92 Å². The number of nitrogen functional groups attached to an aromatic ring is 1. The first-order valence-corrected chi connectivity index (χ1v) is 6.91. The van der Waals surface area contributed by atoms with Crippen molar-refractivity contribution in [2.45, 2.75) is 19.3 Å². The van der Waals surface area contributed by atoms with E-state index in [0.29, 0.717) is 11.6 Å². The lowest BCUT2D eigenvalue weighted by Crippen LogP contribution is -1.92. The number of fused-ring (bicyclic) bond motifs is 1. The molecule has 0 radical (unpaired) electrons. The summed E-state index contributed by atoms with van der Waals surface area (Å²) in [5, 5.41) is 6.29. The summed E-state index contributed by atoms with van der Waals surface area (Å²) in [6.45, 7) is 0. The number of rotatable bonds is 3. The maximum atomic E-state index is 6.11. The van der Waals surface area contributed by atoms with E-state index >= 15 is 0 Å². The highest BCUT2D eigenvalue weighted by atomic mass is 16.5. The largest absolute Gasteiger partial charge is 0.398 e. The van der Waals surface area contributed by atoms with Crippen LogP contribution in [0.5, 0.6) is 0 Å². The third-order valence-corrected chi connectivity index (χ3v) is 3.78. The van der Waals surface area contributed by atoms with Crippen LogP contribution in [0.1, 0.15) is 18.7 Å². The highest BCUT2D eigenvalue weighted by molar-refractivity contribution is 5.92. The second-order valence-corrected chi connectivity index (χ2v) is 5.45. The molecule has 0 saturated heterocycles. The van der Waals surface area contributed by atoms with Crippen molar-refractivity contribution < 1.29 is 4.52 Å². The summed E-state index contributed by atoms with van der Waals surface area (Å²) in [6.07, 6.45) is 3.47. The first kappa shape index (κ1) is 11.5. The number of hydrogen-bond acceptors (Lipinski definition) is 4. The summed E-state index contributed by atoms with van der Waals surface area (Å²) in [6, 6.07) is 12.1. The van der Waals surface area contributed by atoms with Crippen LogP contribution < -0.4 is 5.73 Å². The van der Waals surface area contributed by atoms with Gasteiger partial charge in [0.25, 0.3) is 5.89 Å². The van der Waals surface area contributed by atoms with Crippen LogP contribution in [0.2, 0.25) is 0 Å². The van der Waals surface area contributed by atoms with Gasteiger partial charge in [-0.2, -0.15) is 4.98 Å². The van der Waals surface area contributed by atoms with Gasteiger partial charge in [-0.15, -0.1) is 0 Å². The highest BCUT2D eigenvalue weighted by Gasteiger charge is 2.24. The van der Waals surface area contributed by atoms with E-state index in [9.17, 15) is 0 Å². The Bertz CT molecular complexity index is 774. The van der Waals surface area contributed by atoms with Crippen LogP contribution in [-0.2, 0) is 6.42 Å². The fourth-order valence-electron chi connectivity index (χ4n) is 2.47. The van der Waals surface area contributed by atoms with E-state index in [0.717, 1.165) is 34.5 Å². The smallest absolute Gasteiger partial charge is 0.260 e. The highest BCUT2D eigenvalue weighted by Crippen LogP contribution is 2.33. The van der Waals surface area contributed by atoms with Crippen molar-refractivity contribution >= 4 is 16.5 Å². The zero-order valence-corrected chi connectivity index (χ0v) is 11.0. The Morgan fingerprint density at radius 2 is 1.90 bits per heavy atom. The van der Waals surface area contributed by atoms with Gasteiger partial charge in [0.1, 0.15) is 0 Å². The molecule has 0 spiro atoms. The van der Waals surface area contributed by atoms with E-state index in [1.54, 1.807) is 0 Å². The molecular formula is C16H15N3O. The average molecular weight is 265 g/mol. The van der Waals surface area contributed by atoms with Crippen molar-refractivity contribution in [1.82, 2.24) is 10.1 Å². The maximum absolute atomic E-state index is 6.11. The zero-order chi connectivity index (χ0) is 13.5. The van der Waals surface area contributed by atoms with E-state index in [1.807, 2.05) is 30.3 Å². The van der Waals surface area contributed by atoms with Crippen LogP contribution in [0.25, 0.3) is 22.2 Å². The van der Waals surface area contributed by atoms with Gasteiger partial charge in [-0.3, -0.25) is 0 Å². The molecule has 0 amide bonds. The Labute approximate surface area is 116 Å². The standard InChI is InChI=1S/C16H15N3O/c17-14-9-12-4-2-1-3-11(12)8-13(14)16-18-15(19-20-16)7-10-5-6-10/h1-4,8-10H,5-7,17H2. The van der Waals surface area contributed by atoms with Crippen LogP contribution in [0.15, 0.2) is 40.9 Å². The van der Waals surface area contributed by atoms with Crippen LogP contribution in [0, 0.1) is 5.92 Å². The molecule has 2 aromatic carbocycles. The summed E-state index contributed by atoms with van der Waals surface area (Å²) in [5.41, 5.74) is 7.60. The van der Waals surface area contributed by atoms with E-state index in [2.05, 4.69) is 16.2 Å². The van der Waals surface area contributed by atoms with Gasteiger partial charge in [0.05, 0.1) is 5.56 Å². The molecule has 2 N–H and O–H groups in total. The topological polar surface area (TPSA) is 64.9 Å². The van der Waals surface area contributed by atoms with E-state index in [4.69, 9.17) is 10.3 Å². The summed E-state index contributed by atoms with van der Waals surface area (Å²) in [5.74, 6) is 2.05. The summed E-state index contributed by atoms with van der Waals surface area (Å²) >= 11 is 0. The molecule has 1 aromatic heterocycles. The van der Waals surface area contributed by atoms with Gasteiger partial charge >= 0.3 is 0 Å². The lowest BCUT2D eigenvalue weighted by Gasteiger charge is -2.04. The zero-order valence-electron chi connectivity index (χ0n) is 11.0. The molecule has 0 atom stereocenters. The molecule has 100 valence electrons. The lowest BCUT2D eigenvalue weighted by molar-refractivity contribution is 0.421. The van der Waals surface area contributed by atoms with Crippen molar-refractivity contribution in [2.75, 3.05) is 5.73 Å². The van der Waals surface area contributed by atoms with E-state index in [-0.39, 0.29) is 0 Å². The van der Waals surface area contributed by atoms with Gasteiger partial charge < -0.3 is 10.3 Å². The minimum absolute atomic E-state index is 0.518. The molecule has 1 fully saturated rings. The summed E-state index contributed by atoms with van der Waals surface area (Å²) < 4.78 is 5.37. The predicted molar refractivity (Wildman–Crippen MR) is 78.1 cm³/mol. The molecule has 0 aliphatic heterocycles. The van der Waals surface area contributed by atoms with Crippen molar-refractivity contribution in [3.8, 4) is 11.5 Å². The van der Waals surface area contributed by atoms with Gasteiger partial charge in [-0.05, 0) is 41.7 Å². The molecule has 1 saturated carbocycles. The SMILES string of the molecule is Nc1cc2ccccc2cc1-c1nc(CC2CC2)no1. The molecule has 0 bridgehead atoms. The van der Waals surface area contributed by atoms with Crippen molar-refractivity contribution in [3.05, 3.63) is 42.2 Å². The first-order chi connectivity index (χ1) is 9.79. The van der Waals surface area contributed by atoms with Crippen molar-refractivity contribution in [1.29, 1.82) is 0 Å². The van der Waals surface area contributed by atoms with Crippen LogP contribution in [0.4, 0.5) is 5.69 Å². The number of anilines is 1. The fourth-order valence-corrected chi connectivity index (χ4v) is 2.47. The van der Waals surface area contributed by atoms with Gasteiger partial charge in [0.15, 0.2) is 5.82 Å². The number of aromatic nitrogens is 2. The number of nitrogens with zero attached hydrogens (tertiary/aromatic N) is 2. The monoisotopic (exact) mass is 265 g/mol. The lowest BCUT2D eigenvalue weighted by atomic mass is 10.1.